The van der Waals surface area contributed by atoms with Crippen molar-refractivity contribution in [2.75, 3.05) is 32.8 Å². The predicted molar refractivity (Wildman–Crippen MR) is 117 cm³/mol. The van der Waals surface area contributed by atoms with E-state index >= 15 is 0 Å². The van der Waals surface area contributed by atoms with Crippen LogP contribution >= 0.6 is 0 Å². The van der Waals surface area contributed by atoms with Gasteiger partial charge in [-0.25, -0.2) is 13.1 Å². The lowest BCUT2D eigenvalue weighted by atomic mass is 9.86. The summed E-state index contributed by atoms with van der Waals surface area (Å²) in [7, 11) is -3.69. The number of sulfonamides is 1. The molecule has 168 valence electrons. The molecule has 2 atom stereocenters. The summed E-state index contributed by atoms with van der Waals surface area (Å²) in [6.07, 6.45) is 1.53. The molecule has 32 heavy (non-hydrogen) atoms. The van der Waals surface area contributed by atoms with Crippen molar-refractivity contribution in [1.82, 2.24) is 9.62 Å². The minimum Gasteiger partial charge on any atom is -0.493 e. The number of rotatable bonds is 8. The van der Waals surface area contributed by atoms with Gasteiger partial charge in [-0.1, -0.05) is 0 Å². The molecule has 9 nitrogen and oxygen atoms in total. The number of nitro benzene ring substituents is 1. The second-order valence-corrected chi connectivity index (χ2v) is 9.92. The van der Waals surface area contributed by atoms with Crippen LogP contribution in [0.1, 0.15) is 29.9 Å². The van der Waals surface area contributed by atoms with Crippen molar-refractivity contribution < 1.29 is 18.1 Å². The van der Waals surface area contributed by atoms with Crippen molar-refractivity contribution in [3.05, 3.63) is 63.7 Å². The summed E-state index contributed by atoms with van der Waals surface area (Å²) < 4.78 is 33.1. The molecule has 2 aliphatic heterocycles. The number of hydrogen-bond acceptors (Lipinski definition) is 7. The smallest absolute Gasteiger partial charge is 0.269 e. The maximum absolute atomic E-state index is 12.3. The van der Waals surface area contributed by atoms with Gasteiger partial charge in [0.1, 0.15) is 5.75 Å². The number of nitro groups is 1. The molecule has 10 heteroatoms. The van der Waals surface area contributed by atoms with Gasteiger partial charge in [-0.15, -0.1) is 0 Å². The molecule has 0 aromatic heterocycles. The number of nitrogens with one attached hydrogen (secondary N) is 1. The van der Waals surface area contributed by atoms with E-state index < -0.39 is 14.9 Å². The zero-order chi connectivity index (χ0) is 22.7. The third-order valence-corrected chi connectivity index (χ3v) is 7.54. The van der Waals surface area contributed by atoms with E-state index in [-0.39, 0.29) is 10.6 Å². The first-order chi connectivity index (χ1) is 15.4. The maximum atomic E-state index is 12.3. The Morgan fingerprint density at radius 3 is 2.69 bits per heavy atom. The maximum Gasteiger partial charge on any atom is 0.269 e. The molecule has 0 amide bonds. The fraction of sp³-hybridized carbons (Fsp3) is 0.409. The zero-order valence-corrected chi connectivity index (χ0v) is 18.3. The molecule has 0 spiro atoms. The Morgan fingerprint density at radius 2 is 1.97 bits per heavy atom. The predicted octanol–water partition coefficient (Wildman–Crippen LogP) is 2.63. The van der Waals surface area contributed by atoms with Crippen molar-refractivity contribution in [1.29, 1.82) is 5.26 Å². The topological polar surface area (TPSA) is 126 Å². The van der Waals surface area contributed by atoms with Crippen LogP contribution in [-0.4, -0.2) is 51.0 Å². The van der Waals surface area contributed by atoms with Crippen molar-refractivity contribution in [3.63, 3.8) is 0 Å². The molecular formula is C22H24N4O5S. The van der Waals surface area contributed by atoms with Gasteiger partial charge in [0.05, 0.1) is 28.1 Å². The zero-order valence-electron chi connectivity index (χ0n) is 17.4. The second kappa shape index (κ2) is 9.24. The summed E-state index contributed by atoms with van der Waals surface area (Å²) in [4.78, 5) is 12.5. The molecule has 0 aliphatic carbocycles. The molecule has 1 saturated heterocycles. The first kappa shape index (κ1) is 22.2. The van der Waals surface area contributed by atoms with Gasteiger partial charge < -0.3 is 9.64 Å². The largest absolute Gasteiger partial charge is 0.493 e. The van der Waals surface area contributed by atoms with Gasteiger partial charge in [0, 0.05) is 49.2 Å². The summed E-state index contributed by atoms with van der Waals surface area (Å²) in [6, 6.07) is 12.6. The lowest BCUT2D eigenvalue weighted by Crippen LogP contribution is -2.27. The van der Waals surface area contributed by atoms with Crippen LogP contribution in [0.15, 0.2) is 47.4 Å². The Labute approximate surface area is 186 Å². The van der Waals surface area contributed by atoms with E-state index in [9.17, 15) is 23.8 Å². The standard InChI is InChI=1S/C22H24N4O5S/c23-12-16-3-8-22-20(11-16)21-14-25(13-17(21)15-31-22)10-2-1-9-24-32(29,30)19-6-4-18(5-7-19)26(27)28/h3-8,11,17,21,24H,1-2,9-10,13-15H2/t17-,21+/m0/s1. The first-order valence-corrected chi connectivity index (χ1v) is 12.0. The molecule has 0 radical (unpaired) electrons. The number of nitriles is 1. The Morgan fingerprint density at radius 1 is 1.19 bits per heavy atom. The lowest BCUT2D eigenvalue weighted by Gasteiger charge is -2.27. The van der Waals surface area contributed by atoms with Crippen LogP contribution in [0.4, 0.5) is 5.69 Å². The van der Waals surface area contributed by atoms with Crippen molar-refractivity contribution in [2.45, 2.75) is 23.7 Å². The van der Waals surface area contributed by atoms with Crippen LogP contribution in [0, 0.1) is 27.4 Å². The Hall–Kier alpha value is -3.00. The van der Waals surface area contributed by atoms with Gasteiger partial charge in [-0.3, -0.25) is 10.1 Å². The highest BCUT2D eigenvalue weighted by molar-refractivity contribution is 7.89. The number of nitrogens with zero attached hydrogens (tertiary/aromatic N) is 3. The van der Waals surface area contributed by atoms with E-state index in [0.29, 0.717) is 37.0 Å². The molecule has 2 aromatic rings. The number of unbranched alkanes of at least 4 members (excludes halogenated alkanes) is 1. The normalized spacial score (nSPS) is 20.1. The molecule has 1 fully saturated rings. The van der Waals surface area contributed by atoms with Crippen molar-refractivity contribution in [3.8, 4) is 11.8 Å². The minimum absolute atomic E-state index is 0.0159. The van der Waals surface area contributed by atoms with Crippen LogP contribution in [0.2, 0.25) is 0 Å². The number of hydrogen-bond donors (Lipinski definition) is 1. The van der Waals surface area contributed by atoms with Crippen LogP contribution < -0.4 is 9.46 Å². The van der Waals surface area contributed by atoms with Gasteiger partial charge >= 0.3 is 0 Å². The number of non-ortho nitro benzene ring substituents is 1. The van der Waals surface area contributed by atoms with E-state index in [1.807, 2.05) is 12.1 Å². The summed E-state index contributed by atoms with van der Waals surface area (Å²) in [5.41, 5.74) is 1.61. The highest BCUT2D eigenvalue weighted by atomic mass is 32.2. The summed E-state index contributed by atoms with van der Waals surface area (Å²) in [5, 5.41) is 19.9. The van der Waals surface area contributed by atoms with Gasteiger partial charge in [-0.05, 0) is 49.7 Å². The molecular weight excluding hydrogens is 432 g/mol. The van der Waals surface area contributed by atoms with Crippen LogP contribution in [0.3, 0.4) is 0 Å². The Bertz CT molecular complexity index is 1140. The third-order valence-electron chi connectivity index (χ3n) is 6.06. The molecule has 1 N–H and O–H groups in total. The number of benzene rings is 2. The van der Waals surface area contributed by atoms with Crippen molar-refractivity contribution in [2.24, 2.45) is 5.92 Å². The average Bonchev–Trinajstić information content (AvgIpc) is 3.22. The molecule has 4 rings (SSSR count). The molecule has 2 aromatic carbocycles. The van der Waals surface area contributed by atoms with Crippen LogP contribution in [0.5, 0.6) is 5.75 Å². The second-order valence-electron chi connectivity index (χ2n) is 8.16. The first-order valence-electron chi connectivity index (χ1n) is 10.5. The fourth-order valence-electron chi connectivity index (χ4n) is 4.40. The lowest BCUT2D eigenvalue weighted by molar-refractivity contribution is -0.384. The Balaban J connectivity index is 1.24. The number of fused-ring (bicyclic) bond motifs is 3. The van der Waals surface area contributed by atoms with Gasteiger partial charge in [0.2, 0.25) is 10.0 Å². The molecule has 2 aliphatic rings. The monoisotopic (exact) mass is 456 g/mol. The van der Waals surface area contributed by atoms with E-state index in [4.69, 9.17) is 4.74 Å². The molecule has 2 heterocycles. The number of ether oxygens (including phenoxy) is 1. The van der Waals surface area contributed by atoms with E-state index in [1.165, 1.54) is 24.3 Å². The SMILES string of the molecule is N#Cc1ccc2c(c1)[C@@H]1CN(CCCCNS(=O)(=O)c3ccc([N+](=O)[O-])cc3)C[C@H]1CO2. The van der Waals surface area contributed by atoms with Gasteiger partial charge in [0.15, 0.2) is 0 Å². The summed E-state index contributed by atoms with van der Waals surface area (Å²) in [6.45, 7) is 3.67. The molecule has 0 unspecified atom stereocenters. The summed E-state index contributed by atoms with van der Waals surface area (Å²) in [5.74, 6) is 1.62. The Kier molecular flexibility index (Phi) is 6.41. The molecule has 0 saturated carbocycles. The van der Waals surface area contributed by atoms with Gasteiger partial charge in [0.25, 0.3) is 5.69 Å². The third kappa shape index (κ3) is 4.75. The summed E-state index contributed by atoms with van der Waals surface area (Å²) >= 11 is 0. The van der Waals surface area contributed by atoms with Crippen LogP contribution in [0.25, 0.3) is 0 Å². The van der Waals surface area contributed by atoms with Gasteiger partial charge in [-0.2, -0.15) is 5.26 Å². The molecule has 0 bridgehead atoms. The van der Waals surface area contributed by atoms with E-state index in [1.54, 1.807) is 6.07 Å². The van der Waals surface area contributed by atoms with E-state index in [2.05, 4.69) is 15.7 Å². The van der Waals surface area contributed by atoms with Crippen LogP contribution in [-0.2, 0) is 10.0 Å². The fourth-order valence-corrected chi connectivity index (χ4v) is 5.47. The highest BCUT2D eigenvalue weighted by Gasteiger charge is 2.38. The highest BCUT2D eigenvalue weighted by Crippen LogP contribution is 2.41. The minimum atomic E-state index is -3.69. The number of likely N-dealkylation sites (tertiary alicyclic amines) is 1. The van der Waals surface area contributed by atoms with Crippen molar-refractivity contribution >= 4 is 15.7 Å². The quantitative estimate of drug-likeness (QED) is 0.368. The van der Waals surface area contributed by atoms with E-state index in [0.717, 1.165) is 37.4 Å². The average molecular weight is 457 g/mol.